The van der Waals surface area contributed by atoms with Crippen LogP contribution in [0.5, 0.6) is 0 Å². The van der Waals surface area contributed by atoms with E-state index < -0.39 is 0 Å². The van der Waals surface area contributed by atoms with Crippen LogP contribution in [-0.2, 0) is 12.8 Å². The largest absolute Gasteiger partial charge is 0.399 e. The Kier molecular flexibility index (Phi) is 2.90. The van der Waals surface area contributed by atoms with Gasteiger partial charge in [0.2, 0.25) is 0 Å². The minimum Gasteiger partial charge on any atom is -0.399 e. The lowest BCUT2D eigenvalue weighted by molar-refractivity contribution is 0.791. The third-order valence-corrected chi connectivity index (χ3v) is 2.47. The van der Waals surface area contributed by atoms with Crippen LogP contribution in [0.3, 0.4) is 0 Å². The van der Waals surface area contributed by atoms with Crippen molar-refractivity contribution in [1.82, 2.24) is 14.8 Å². The summed E-state index contributed by atoms with van der Waals surface area (Å²) in [5.41, 5.74) is 7.48. The summed E-state index contributed by atoms with van der Waals surface area (Å²) in [5.74, 6) is 1.85. The van der Waals surface area contributed by atoms with Gasteiger partial charge in [0.25, 0.3) is 0 Å². The number of hydrogen-bond acceptors (Lipinski definition) is 3. The molecule has 2 rings (SSSR count). The highest BCUT2D eigenvalue weighted by molar-refractivity contribution is 5.47. The molecule has 84 valence electrons. The summed E-state index contributed by atoms with van der Waals surface area (Å²) >= 11 is 0. The van der Waals surface area contributed by atoms with Gasteiger partial charge in [0.05, 0.1) is 5.69 Å². The molecule has 0 aliphatic carbocycles. The van der Waals surface area contributed by atoms with Gasteiger partial charge in [-0.25, -0.2) is 9.67 Å². The zero-order valence-electron chi connectivity index (χ0n) is 9.64. The fourth-order valence-corrected chi connectivity index (χ4v) is 1.63. The number of aryl methyl sites for hydroxylation is 2. The molecule has 4 heteroatoms. The second-order valence-corrected chi connectivity index (χ2v) is 3.66. The van der Waals surface area contributed by atoms with Crippen LogP contribution < -0.4 is 5.73 Å². The number of hydrogen-bond donors (Lipinski definition) is 1. The first kappa shape index (κ1) is 10.7. The molecule has 1 aromatic carbocycles. The van der Waals surface area contributed by atoms with E-state index in [-0.39, 0.29) is 0 Å². The van der Waals surface area contributed by atoms with Crippen molar-refractivity contribution in [1.29, 1.82) is 0 Å². The summed E-state index contributed by atoms with van der Waals surface area (Å²) < 4.78 is 1.87. The second-order valence-electron chi connectivity index (χ2n) is 3.66. The van der Waals surface area contributed by atoms with Gasteiger partial charge in [-0.15, -0.1) is 0 Å². The number of anilines is 1. The van der Waals surface area contributed by atoms with E-state index in [0.29, 0.717) is 0 Å². The summed E-state index contributed by atoms with van der Waals surface area (Å²) in [6.07, 6.45) is 1.71. The Hall–Kier alpha value is -1.84. The van der Waals surface area contributed by atoms with Gasteiger partial charge < -0.3 is 5.73 Å². The molecule has 0 saturated heterocycles. The smallest absolute Gasteiger partial charge is 0.151 e. The zero-order valence-corrected chi connectivity index (χ0v) is 9.64. The molecule has 0 spiro atoms. The molecule has 0 aliphatic heterocycles. The molecular weight excluding hydrogens is 200 g/mol. The van der Waals surface area contributed by atoms with Crippen molar-refractivity contribution in [3.05, 3.63) is 35.9 Å². The van der Waals surface area contributed by atoms with E-state index in [9.17, 15) is 0 Å². The first-order valence-electron chi connectivity index (χ1n) is 5.55. The van der Waals surface area contributed by atoms with Crippen molar-refractivity contribution in [3.8, 4) is 5.69 Å². The Labute approximate surface area is 95.1 Å². The van der Waals surface area contributed by atoms with E-state index in [1.165, 1.54) is 0 Å². The van der Waals surface area contributed by atoms with Crippen LogP contribution in [0.2, 0.25) is 0 Å². The Morgan fingerprint density at radius 3 is 2.69 bits per heavy atom. The van der Waals surface area contributed by atoms with Crippen molar-refractivity contribution in [2.45, 2.75) is 26.7 Å². The first-order valence-corrected chi connectivity index (χ1v) is 5.55. The second kappa shape index (κ2) is 4.35. The number of benzene rings is 1. The van der Waals surface area contributed by atoms with Crippen LogP contribution in [0.25, 0.3) is 5.69 Å². The van der Waals surface area contributed by atoms with Crippen molar-refractivity contribution in [2.24, 2.45) is 0 Å². The molecule has 0 bridgehead atoms. The van der Waals surface area contributed by atoms with Crippen LogP contribution in [0.1, 0.15) is 25.5 Å². The Morgan fingerprint density at radius 2 is 2.06 bits per heavy atom. The van der Waals surface area contributed by atoms with E-state index in [4.69, 9.17) is 5.73 Å². The lowest BCUT2D eigenvalue weighted by Gasteiger charge is -2.04. The van der Waals surface area contributed by atoms with Crippen molar-refractivity contribution >= 4 is 5.69 Å². The molecule has 0 radical (unpaired) electrons. The minimum atomic E-state index is 0.744. The molecule has 0 saturated carbocycles. The maximum Gasteiger partial charge on any atom is 0.151 e. The van der Waals surface area contributed by atoms with E-state index in [0.717, 1.165) is 35.9 Å². The highest BCUT2D eigenvalue weighted by Crippen LogP contribution is 2.14. The van der Waals surface area contributed by atoms with E-state index in [2.05, 4.69) is 23.9 Å². The Balaban J connectivity index is 2.50. The van der Waals surface area contributed by atoms with Crippen molar-refractivity contribution in [2.75, 3.05) is 5.73 Å². The van der Waals surface area contributed by atoms with Gasteiger partial charge in [0, 0.05) is 18.5 Å². The van der Waals surface area contributed by atoms with Crippen LogP contribution in [0, 0.1) is 0 Å². The SMILES string of the molecule is CCc1nc(CC)n(-c2cccc(N)c2)n1. The normalized spacial score (nSPS) is 10.6. The van der Waals surface area contributed by atoms with Gasteiger partial charge >= 0.3 is 0 Å². The monoisotopic (exact) mass is 216 g/mol. The van der Waals surface area contributed by atoms with Gasteiger partial charge in [-0.05, 0) is 18.2 Å². The summed E-state index contributed by atoms with van der Waals surface area (Å²) in [7, 11) is 0. The van der Waals surface area contributed by atoms with E-state index in [1.54, 1.807) is 0 Å². The molecule has 16 heavy (non-hydrogen) atoms. The topological polar surface area (TPSA) is 56.7 Å². The predicted octanol–water partition coefficient (Wildman–Crippen LogP) is 1.97. The average molecular weight is 216 g/mol. The molecule has 0 aliphatic rings. The molecule has 1 aromatic heterocycles. The van der Waals surface area contributed by atoms with Crippen molar-refractivity contribution < 1.29 is 0 Å². The van der Waals surface area contributed by atoms with E-state index >= 15 is 0 Å². The maximum absolute atomic E-state index is 5.77. The van der Waals surface area contributed by atoms with Crippen LogP contribution in [0.15, 0.2) is 24.3 Å². The molecule has 2 aromatic rings. The summed E-state index contributed by atoms with van der Waals surface area (Å²) in [6, 6.07) is 7.70. The lowest BCUT2D eigenvalue weighted by atomic mass is 10.3. The average Bonchev–Trinajstić information content (AvgIpc) is 2.72. The van der Waals surface area contributed by atoms with Gasteiger partial charge in [0.1, 0.15) is 5.82 Å². The Bertz CT molecular complexity index is 488. The minimum absolute atomic E-state index is 0.744. The first-order chi connectivity index (χ1) is 7.74. The highest BCUT2D eigenvalue weighted by Gasteiger charge is 2.08. The third-order valence-electron chi connectivity index (χ3n) is 2.47. The molecular formula is C12H16N4. The quantitative estimate of drug-likeness (QED) is 0.798. The Morgan fingerprint density at radius 1 is 1.25 bits per heavy atom. The molecule has 0 unspecified atom stereocenters. The van der Waals surface area contributed by atoms with Crippen LogP contribution in [0.4, 0.5) is 5.69 Å². The van der Waals surface area contributed by atoms with E-state index in [1.807, 2.05) is 28.9 Å². The van der Waals surface area contributed by atoms with Crippen molar-refractivity contribution in [3.63, 3.8) is 0 Å². The van der Waals surface area contributed by atoms with Gasteiger partial charge in [-0.3, -0.25) is 0 Å². The summed E-state index contributed by atoms with van der Waals surface area (Å²) in [5, 5.41) is 4.46. The molecule has 0 fully saturated rings. The molecule has 4 nitrogen and oxygen atoms in total. The third kappa shape index (κ3) is 1.91. The fraction of sp³-hybridized carbons (Fsp3) is 0.333. The van der Waals surface area contributed by atoms with Gasteiger partial charge in [-0.1, -0.05) is 19.9 Å². The summed E-state index contributed by atoms with van der Waals surface area (Å²) in [6.45, 7) is 4.13. The highest BCUT2D eigenvalue weighted by atomic mass is 15.3. The maximum atomic E-state index is 5.77. The number of nitrogens with two attached hydrogens (primary N) is 1. The van der Waals surface area contributed by atoms with Gasteiger partial charge in [0.15, 0.2) is 5.82 Å². The number of rotatable bonds is 3. The number of aromatic nitrogens is 3. The number of nitrogen functional groups attached to an aromatic ring is 1. The lowest BCUT2D eigenvalue weighted by Crippen LogP contribution is -2.02. The zero-order chi connectivity index (χ0) is 11.5. The molecule has 2 N–H and O–H groups in total. The molecule has 1 heterocycles. The molecule has 0 atom stereocenters. The number of nitrogens with zero attached hydrogens (tertiary/aromatic N) is 3. The van der Waals surface area contributed by atoms with Crippen LogP contribution in [-0.4, -0.2) is 14.8 Å². The van der Waals surface area contributed by atoms with Gasteiger partial charge in [-0.2, -0.15) is 5.10 Å². The predicted molar refractivity (Wildman–Crippen MR) is 64.5 cm³/mol. The standard InChI is InChI=1S/C12H16N4/c1-3-11-14-12(4-2)16(15-11)10-7-5-6-9(13)8-10/h5-8H,3-4,13H2,1-2H3. The molecule has 0 amide bonds. The fourth-order valence-electron chi connectivity index (χ4n) is 1.63. The summed E-state index contributed by atoms with van der Waals surface area (Å²) in [4.78, 5) is 4.46. The van der Waals surface area contributed by atoms with Crippen LogP contribution >= 0.6 is 0 Å².